The minimum atomic E-state index is -3.79. The molecule has 2 aromatic rings. The van der Waals surface area contributed by atoms with Crippen molar-refractivity contribution in [1.82, 2.24) is 0 Å². The summed E-state index contributed by atoms with van der Waals surface area (Å²) >= 11 is 17.7. The molecular formula is C17H15Cl3N2O5S. The zero-order valence-electron chi connectivity index (χ0n) is 14.7. The van der Waals surface area contributed by atoms with E-state index < -0.39 is 28.4 Å². The number of carbonyl (C=O) groups excluding carboxylic acids is 2. The Morgan fingerprint density at radius 1 is 1.04 bits per heavy atom. The van der Waals surface area contributed by atoms with E-state index in [1.807, 2.05) is 0 Å². The normalized spacial score (nSPS) is 11.0. The molecule has 0 bridgehead atoms. The number of amides is 1. The van der Waals surface area contributed by atoms with Crippen LogP contribution in [0.4, 0.5) is 11.4 Å². The number of halogens is 3. The third-order valence-corrected chi connectivity index (χ3v) is 5.74. The quantitative estimate of drug-likeness (QED) is 0.654. The molecule has 0 unspecified atom stereocenters. The fraction of sp³-hybridized carbons (Fsp3) is 0.176. The van der Waals surface area contributed by atoms with Crippen LogP contribution in [-0.2, 0) is 19.6 Å². The second-order valence-corrected chi connectivity index (χ2v) is 8.73. The van der Waals surface area contributed by atoms with Crippen LogP contribution >= 0.6 is 34.8 Å². The Morgan fingerprint density at radius 2 is 1.68 bits per heavy atom. The molecule has 1 N–H and O–H groups in total. The Balaban J connectivity index is 2.25. The van der Waals surface area contributed by atoms with Crippen molar-refractivity contribution < 1.29 is 22.7 Å². The molecule has 2 rings (SSSR count). The average molecular weight is 466 g/mol. The third-order valence-electron chi connectivity index (χ3n) is 3.53. The van der Waals surface area contributed by atoms with Crippen molar-refractivity contribution in [1.29, 1.82) is 0 Å². The molecule has 28 heavy (non-hydrogen) atoms. The lowest BCUT2D eigenvalue weighted by molar-refractivity contribution is -0.114. The van der Waals surface area contributed by atoms with Gasteiger partial charge in [-0.2, -0.15) is 0 Å². The van der Waals surface area contributed by atoms with Gasteiger partial charge in [0.15, 0.2) is 0 Å². The molecular weight excluding hydrogens is 451 g/mol. The molecule has 1 amide bonds. The van der Waals surface area contributed by atoms with Gasteiger partial charge < -0.3 is 10.1 Å². The van der Waals surface area contributed by atoms with Crippen LogP contribution in [-0.4, -0.2) is 40.2 Å². The van der Waals surface area contributed by atoms with Crippen molar-refractivity contribution in [2.24, 2.45) is 0 Å². The van der Waals surface area contributed by atoms with Crippen molar-refractivity contribution in [3.8, 4) is 0 Å². The number of esters is 1. The molecule has 11 heteroatoms. The van der Waals surface area contributed by atoms with Gasteiger partial charge in [-0.25, -0.2) is 13.2 Å². The van der Waals surface area contributed by atoms with Crippen LogP contribution in [0.1, 0.15) is 10.4 Å². The molecule has 0 radical (unpaired) electrons. The maximum Gasteiger partial charge on any atom is 0.339 e. The van der Waals surface area contributed by atoms with E-state index in [1.165, 1.54) is 43.5 Å². The lowest BCUT2D eigenvalue weighted by Crippen LogP contribution is -2.37. The summed E-state index contributed by atoms with van der Waals surface area (Å²) in [6.45, 7) is -0.521. The molecule has 2 aromatic carbocycles. The number of anilines is 2. The van der Waals surface area contributed by atoms with Crippen LogP contribution in [0.15, 0.2) is 36.4 Å². The van der Waals surface area contributed by atoms with Crippen molar-refractivity contribution in [3.63, 3.8) is 0 Å². The summed E-state index contributed by atoms with van der Waals surface area (Å²) in [5.41, 5.74) is 0.488. The summed E-state index contributed by atoms with van der Waals surface area (Å²) in [5.74, 6) is -1.32. The number of ether oxygens (including phenoxy) is 1. The molecule has 0 saturated heterocycles. The van der Waals surface area contributed by atoms with Gasteiger partial charge in [-0.15, -0.1) is 0 Å². The number of carbonyl (C=O) groups is 2. The predicted molar refractivity (Wildman–Crippen MR) is 110 cm³/mol. The van der Waals surface area contributed by atoms with Crippen molar-refractivity contribution in [2.45, 2.75) is 0 Å². The molecule has 0 aliphatic rings. The van der Waals surface area contributed by atoms with Crippen LogP contribution in [0, 0.1) is 0 Å². The highest BCUT2D eigenvalue weighted by atomic mass is 35.5. The minimum absolute atomic E-state index is 0.0615. The number of methoxy groups -OCH3 is 1. The van der Waals surface area contributed by atoms with E-state index >= 15 is 0 Å². The number of nitrogens with one attached hydrogen (secondary N) is 1. The van der Waals surface area contributed by atoms with Gasteiger partial charge in [0.1, 0.15) is 6.54 Å². The number of hydrogen-bond donors (Lipinski definition) is 1. The Morgan fingerprint density at radius 3 is 2.25 bits per heavy atom. The molecule has 0 fully saturated rings. The number of nitrogens with zero attached hydrogens (tertiary/aromatic N) is 1. The van der Waals surface area contributed by atoms with Crippen molar-refractivity contribution >= 4 is 68.1 Å². The molecule has 0 atom stereocenters. The second kappa shape index (κ2) is 9.00. The predicted octanol–water partition coefficient (Wildman–Crippen LogP) is 3.84. The number of sulfonamides is 1. The number of rotatable bonds is 6. The van der Waals surface area contributed by atoms with Gasteiger partial charge >= 0.3 is 5.97 Å². The van der Waals surface area contributed by atoms with Crippen molar-refractivity contribution in [3.05, 3.63) is 57.0 Å². The van der Waals surface area contributed by atoms with Crippen LogP contribution in [0.5, 0.6) is 0 Å². The van der Waals surface area contributed by atoms with Crippen LogP contribution < -0.4 is 9.62 Å². The Hall–Kier alpha value is -2.00. The molecule has 0 aliphatic heterocycles. The Bertz CT molecular complexity index is 1030. The topological polar surface area (TPSA) is 92.8 Å². The summed E-state index contributed by atoms with van der Waals surface area (Å²) < 4.78 is 29.8. The van der Waals surface area contributed by atoms with E-state index in [1.54, 1.807) is 0 Å². The second-order valence-electron chi connectivity index (χ2n) is 5.60. The highest BCUT2D eigenvalue weighted by molar-refractivity contribution is 7.92. The van der Waals surface area contributed by atoms with E-state index in [2.05, 4.69) is 10.1 Å². The highest BCUT2D eigenvalue weighted by Gasteiger charge is 2.22. The van der Waals surface area contributed by atoms with E-state index in [-0.39, 0.29) is 32.0 Å². The standard InChI is InChI=1S/C17H15Cl3N2O5S/c1-27-17(24)12-7-10(3-5-13(12)18)21-16(23)9-22(28(2,25)26)11-4-6-14(19)15(20)8-11/h3-8H,9H2,1-2H3,(H,21,23). The number of benzene rings is 2. The fourth-order valence-corrected chi connectivity index (χ4v) is 3.58. The summed E-state index contributed by atoms with van der Waals surface area (Å²) in [6.07, 6.45) is 0.959. The summed E-state index contributed by atoms with van der Waals surface area (Å²) in [7, 11) is -2.59. The SMILES string of the molecule is COC(=O)c1cc(NC(=O)CN(c2ccc(Cl)c(Cl)c2)S(C)(=O)=O)ccc1Cl. The lowest BCUT2D eigenvalue weighted by atomic mass is 10.2. The summed E-state index contributed by atoms with van der Waals surface area (Å²) in [4.78, 5) is 24.1. The van der Waals surface area contributed by atoms with Gasteiger partial charge in [0.25, 0.3) is 0 Å². The lowest BCUT2D eigenvalue weighted by Gasteiger charge is -2.22. The largest absolute Gasteiger partial charge is 0.465 e. The fourth-order valence-electron chi connectivity index (χ4n) is 2.24. The average Bonchev–Trinajstić information content (AvgIpc) is 2.62. The first-order valence-electron chi connectivity index (χ1n) is 7.63. The highest BCUT2D eigenvalue weighted by Crippen LogP contribution is 2.28. The summed E-state index contributed by atoms with van der Waals surface area (Å²) in [6, 6.07) is 8.41. The van der Waals surface area contributed by atoms with Gasteiger partial charge in [0.05, 0.1) is 39.7 Å². The molecule has 0 heterocycles. The molecule has 0 aromatic heterocycles. The smallest absolute Gasteiger partial charge is 0.339 e. The zero-order valence-corrected chi connectivity index (χ0v) is 17.8. The van der Waals surface area contributed by atoms with Crippen molar-refractivity contribution in [2.75, 3.05) is 29.5 Å². The maximum absolute atomic E-state index is 12.4. The van der Waals surface area contributed by atoms with Gasteiger partial charge in [0, 0.05) is 5.69 Å². The van der Waals surface area contributed by atoms with Crippen LogP contribution in [0.2, 0.25) is 15.1 Å². The molecule has 150 valence electrons. The van der Waals surface area contributed by atoms with E-state index in [4.69, 9.17) is 34.8 Å². The Kier molecular flexibility index (Phi) is 7.16. The molecule has 7 nitrogen and oxygen atoms in total. The monoisotopic (exact) mass is 464 g/mol. The summed E-state index contributed by atoms with van der Waals surface area (Å²) in [5, 5.41) is 3.06. The van der Waals surface area contributed by atoms with Gasteiger partial charge in [0.2, 0.25) is 15.9 Å². The first-order chi connectivity index (χ1) is 13.0. The molecule has 0 aliphatic carbocycles. The molecule has 0 saturated carbocycles. The first-order valence-corrected chi connectivity index (χ1v) is 10.6. The van der Waals surface area contributed by atoms with Crippen LogP contribution in [0.3, 0.4) is 0 Å². The molecule has 0 spiro atoms. The van der Waals surface area contributed by atoms with E-state index in [9.17, 15) is 18.0 Å². The third kappa shape index (κ3) is 5.51. The van der Waals surface area contributed by atoms with Gasteiger partial charge in [-0.1, -0.05) is 34.8 Å². The van der Waals surface area contributed by atoms with E-state index in [0.717, 1.165) is 10.6 Å². The number of hydrogen-bond acceptors (Lipinski definition) is 5. The first kappa shape index (κ1) is 22.3. The Labute approximate surface area is 177 Å². The van der Waals surface area contributed by atoms with Gasteiger partial charge in [-0.05, 0) is 36.4 Å². The van der Waals surface area contributed by atoms with E-state index in [0.29, 0.717) is 0 Å². The maximum atomic E-state index is 12.4. The zero-order chi connectivity index (χ0) is 21.1. The van der Waals surface area contributed by atoms with Crippen LogP contribution in [0.25, 0.3) is 0 Å². The minimum Gasteiger partial charge on any atom is -0.465 e. The van der Waals surface area contributed by atoms with Gasteiger partial charge in [-0.3, -0.25) is 9.10 Å².